The van der Waals surface area contributed by atoms with Gasteiger partial charge < -0.3 is 18.8 Å². The SMILES string of the molecule is O=S(=O)([O-])c1ccccc1.[C-]#[N+]c1ccc(-n2nccc2-c2c(C)n(-c3cccc(C(F)(F)F)c3)c(=O)n2C(=O)N[C@@H](C)c2ncc(C[N+](C)(C)C)o2)cc1. The zero-order chi connectivity index (χ0) is 40.3. The molecule has 6 rings (SSSR count). The molecule has 0 radical (unpaired) electrons. The van der Waals surface area contributed by atoms with Crippen LogP contribution in [-0.4, -0.2) is 68.5 Å². The zero-order valence-electron chi connectivity index (χ0n) is 30.1. The van der Waals surface area contributed by atoms with Crippen LogP contribution < -0.4 is 11.0 Å². The van der Waals surface area contributed by atoms with Crippen molar-refractivity contribution < 1.29 is 39.8 Å². The monoisotopic (exact) mass is 776 g/mol. The van der Waals surface area contributed by atoms with E-state index in [1.54, 1.807) is 49.5 Å². The molecule has 18 heteroatoms. The molecule has 0 aliphatic heterocycles. The van der Waals surface area contributed by atoms with Gasteiger partial charge in [-0.2, -0.15) is 18.3 Å². The van der Waals surface area contributed by atoms with Crippen molar-refractivity contribution in [2.24, 2.45) is 0 Å². The average Bonchev–Trinajstić information content (AvgIpc) is 3.85. The van der Waals surface area contributed by atoms with Crippen molar-refractivity contribution in [3.63, 3.8) is 0 Å². The maximum Gasteiger partial charge on any atom is 0.416 e. The lowest BCUT2D eigenvalue weighted by molar-refractivity contribution is -0.884. The number of aromatic nitrogens is 5. The van der Waals surface area contributed by atoms with Gasteiger partial charge in [0.25, 0.3) is 0 Å². The summed E-state index contributed by atoms with van der Waals surface area (Å²) < 4.78 is 81.5. The highest BCUT2D eigenvalue weighted by molar-refractivity contribution is 7.85. The van der Waals surface area contributed by atoms with Crippen LogP contribution >= 0.6 is 0 Å². The topological polar surface area (TPSA) is 161 Å². The van der Waals surface area contributed by atoms with Gasteiger partial charge in [-0.05, 0) is 62.4 Å². The molecule has 3 aromatic heterocycles. The third-order valence-corrected chi connectivity index (χ3v) is 8.82. The van der Waals surface area contributed by atoms with Gasteiger partial charge in [-0.1, -0.05) is 36.4 Å². The maximum atomic E-state index is 14.0. The van der Waals surface area contributed by atoms with Crippen LogP contribution in [0.1, 0.15) is 35.9 Å². The van der Waals surface area contributed by atoms with Crippen molar-refractivity contribution in [2.45, 2.75) is 37.5 Å². The van der Waals surface area contributed by atoms with E-state index in [0.717, 1.165) is 21.3 Å². The highest BCUT2D eigenvalue weighted by atomic mass is 32.2. The minimum Gasteiger partial charge on any atom is -0.744 e. The summed E-state index contributed by atoms with van der Waals surface area (Å²) in [7, 11) is 1.71. The predicted molar refractivity (Wildman–Crippen MR) is 194 cm³/mol. The van der Waals surface area contributed by atoms with Crippen LogP contribution in [0.4, 0.5) is 23.7 Å². The fourth-order valence-corrected chi connectivity index (χ4v) is 6.03. The Morgan fingerprint density at radius 3 is 2.27 bits per heavy atom. The van der Waals surface area contributed by atoms with Gasteiger partial charge in [-0.25, -0.2) is 37.1 Å². The van der Waals surface area contributed by atoms with Crippen molar-refractivity contribution in [3.05, 3.63) is 142 Å². The highest BCUT2D eigenvalue weighted by Gasteiger charge is 2.32. The van der Waals surface area contributed by atoms with Gasteiger partial charge in [0.15, 0.2) is 11.4 Å². The van der Waals surface area contributed by atoms with E-state index >= 15 is 0 Å². The van der Waals surface area contributed by atoms with E-state index in [0.29, 0.717) is 33.9 Å². The van der Waals surface area contributed by atoms with E-state index in [4.69, 9.17) is 11.0 Å². The van der Waals surface area contributed by atoms with Crippen LogP contribution in [0.3, 0.4) is 0 Å². The van der Waals surface area contributed by atoms with Crippen molar-refractivity contribution in [2.75, 3.05) is 21.1 Å². The zero-order valence-corrected chi connectivity index (χ0v) is 31.0. The van der Waals surface area contributed by atoms with Crippen molar-refractivity contribution in [3.8, 4) is 22.8 Å². The molecular formula is C37H35F3N8O6S. The first-order valence-corrected chi connectivity index (χ1v) is 17.8. The average molecular weight is 777 g/mol. The Morgan fingerprint density at radius 2 is 1.69 bits per heavy atom. The molecular weight excluding hydrogens is 742 g/mol. The number of carbonyl (C=O) groups is 1. The Hall–Kier alpha value is -6.29. The van der Waals surface area contributed by atoms with E-state index in [1.807, 2.05) is 21.1 Å². The number of hydrogen-bond acceptors (Lipinski definition) is 8. The Kier molecular flexibility index (Phi) is 11.3. The van der Waals surface area contributed by atoms with Crippen molar-refractivity contribution in [1.82, 2.24) is 29.2 Å². The molecule has 55 heavy (non-hydrogen) atoms. The number of amides is 1. The molecule has 1 atom stereocenters. The number of carbonyl (C=O) groups excluding carboxylic acids is 1. The Morgan fingerprint density at radius 1 is 1.02 bits per heavy atom. The molecule has 0 aliphatic rings. The number of rotatable bonds is 8. The minimum absolute atomic E-state index is 0.0710. The molecule has 3 heterocycles. The van der Waals surface area contributed by atoms with E-state index < -0.39 is 39.6 Å². The number of benzene rings is 3. The molecule has 0 unspecified atom stereocenters. The Balaban J connectivity index is 0.000000504. The number of nitrogens with one attached hydrogen (secondary N) is 1. The first kappa shape index (κ1) is 39.9. The summed E-state index contributed by atoms with van der Waals surface area (Å²) in [5.74, 6) is 0.830. The van der Waals surface area contributed by atoms with E-state index in [2.05, 4.69) is 20.2 Å². The molecule has 14 nitrogen and oxygen atoms in total. The van der Waals surface area contributed by atoms with Crippen molar-refractivity contribution in [1.29, 1.82) is 0 Å². The first-order valence-electron chi connectivity index (χ1n) is 16.4. The number of imidazole rings is 1. The quantitative estimate of drug-likeness (QED) is 0.105. The largest absolute Gasteiger partial charge is 0.744 e. The van der Waals surface area contributed by atoms with Crippen LogP contribution in [0, 0.1) is 13.5 Å². The molecule has 0 spiro atoms. The van der Waals surface area contributed by atoms with Crippen molar-refractivity contribution >= 4 is 21.8 Å². The second kappa shape index (κ2) is 15.6. The first-order chi connectivity index (χ1) is 25.8. The summed E-state index contributed by atoms with van der Waals surface area (Å²) in [5.41, 5.74) is -0.354. The lowest BCUT2D eigenvalue weighted by atomic mass is 10.2. The Labute approximate surface area is 313 Å². The number of alkyl halides is 3. The van der Waals surface area contributed by atoms with Gasteiger partial charge in [0.2, 0.25) is 5.89 Å². The number of halogens is 3. The van der Waals surface area contributed by atoms with E-state index in [1.165, 1.54) is 54.2 Å². The van der Waals surface area contributed by atoms with Gasteiger partial charge in [0.05, 0.1) is 73.3 Å². The molecule has 0 saturated carbocycles. The molecule has 0 saturated heterocycles. The van der Waals surface area contributed by atoms with Gasteiger partial charge >= 0.3 is 17.9 Å². The van der Waals surface area contributed by atoms with Gasteiger partial charge in [-0.3, -0.25) is 4.57 Å². The lowest BCUT2D eigenvalue weighted by Gasteiger charge is -2.21. The van der Waals surface area contributed by atoms with E-state index in [-0.39, 0.29) is 27.9 Å². The summed E-state index contributed by atoms with van der Waals surface area (Å²) in [6, 6.07) is 18.0. The third kappa shape index (κ3) is 9.27. The summed E-state index contributed by atoms with van der Waals surface area (Å²) in [6.07, 6.45) is -1.61. The summed E-state index contributed by atoms with van der Waals surface area (Å²) >= 11 is 0. The fourth-order valence-electron chi connectivity index (χ4n) is 5.54. The second-order valence-corrected chi connectivity index (χ2v) is 14.6. The fraction of sp³-hybridized carbons (Fsp3) is 0.216. The molecule has 0 bridgehead atoms. The molecule has 286 valence electrons. The molecule has 3 aromatic carbocycles. The van der Waals surface area contributed by atoms with Gasteiger partial charge in [0, 0.05) is 0 Å². The minimum atomic E-state index is -4.65. The molecule has 1 N–H and O–H groups in total. The summed E-state index contributed by atoms with van der Waals surface area (Å²) in [5, 5.41) is 7.11. The normalized spacial score (nSPS) is 12.4. The molecule has 6 aromatic rings. The molecule has 0 aliphatic carbocycles. The molecule has 1 amide bonds. The predicted octanol–water partition coefficient (Wildman–Crippen LogP) is 6.47. The van der Waals surface area contributed by atoms with Crippen LogP contribution in [0.15, 0.2) is 111 Å². The smallest absolute Gasteiger partial charge is 0.416 e. The second-order valence-electron chi connectivity index (χ2n) is 13.2. The number of quaternary nitrogens is 1. The maximum absolute atomic E-state index is 14.0. The van der Waals surface area contributed by atoms with Gasteiger partial charge in [0.1, 0.15) is 28.4 Å². The van der Waals surface area contributed by atoms with Crippen LogP contribution in [0.5, 0.6) is 0 Å². The number of oxazole rings is 1. The number of hydrogen-bond donors (Lipinski definition) is 1. The van der Waals surface area contributed by atoms with Crippen LogP contribution in [0.2, 0.25) is 0 Å². The highest BCUT2D eigenvalue weighted by Crippen LogP contribution is 2.32. The summed E-state index contributed by atoms with van der Waals surface area (Å²) in [4.78, 5) is 35.4. The Bertz CT molecular complexity index is 2530. The molecule has 0 fully saturated rings. The van der Waals surface area contributed by atoms with Crippen LogP contribution in [0.25, 0.3) is 27.6 Å². The third-order valence-electron chi connectivity index (χ3n) is 7.97. The standard InChI is InChI=1S/C31H29F3N8O3.C6H6O3S/c1-19(28-36-17-25(45-28)18-42(4,5)6)38-29(43)40-27(26-14-15-37-41(26)23-12-10-22(35-3)11-13-23)20(2)39(30(40)44)24-9-7-8-21(16-24)31(32,33)34;7-10(8,9)6-4-2-1-3-5-6/h7-17,19H,18H2,1-2,4-6H3;1-5H,(H,7,8,9)/t19-;/m0./s1. The van der Waals surface area contributed by atoms with Crippen LogP contribution in [-0.2, 0) is 22.8 Å². The summed E-state index contributed by atoms with van der Waals surface area (Å²) in [6.45, 7) is 11.0. The van der Waals surface area contributed by atoms with E-state index in [9.17, 15) is 35.7 Å². The number of nitrogens with zero attached hydrogens (tertiary/aromatic N) is 7. The van der Waals surface area contributed by atoms with Gasteiger partial charge in [-0.15, -0.1) is 0 Å². The lowest BCUT2D eigenvalue weighted by Crippen LogP contribution is -2.38.